The zero-order valence-corrected chi connectivity index (χ0v) is 19.7. The van der Waals surface area contributed by atoms with Gasteiger partial charge in [-0.25, -0.2) is 0 Å². The highest BCUT2D eigenvalue weighted by molar-refractivity contribution is 8.00. The molecular formula is C30H16BNS2. The average molecular weight is 465 g/mol. The lowest BCUT2D eigenvalue weighted by molar-refractivity contribution is 1.17. The molecule has 0 spiro atoms. The number of fused-ring (bicyclic) bond motifs is 10. The zero-order valence-electron chi connectivity index (χ0n) is 18.1. The van der Waals surface area contributed by atoms with Crippen LogP contribution in [0.3, 0.4) is 0 Å². The molecule has 0 atom stereocenters. The van der Waals surface area contributed by atoms with E-state index in [4.69, 9.17) is 0 Å². The molecule has 4 heterocycles. The van der Waals surface area contributed by atoms with Gasteiger partial charge in [-0.1, -0.05) is 77.9 Å². The standard InChI is InChI=1S/C30H16BNS2/c1-3-12-25-17(7-1)20-15-19-18-8-5-10-22-30(18)32(24(19)16-28(20)33-25)23-11-6-14-27-29(23)31(22)21-9-2-4-13-26(21)34-27/h1-16H. The van der Waals surface area contributed by atoms with Crippen LogP contribution in [-0.2, 0) is 0 Å². The molecule has 7 aromatic rings. The largest absolute Gasteiger partial charge is 0.310 e. The maximum Gasteiger partial charge on any atom is 0.249 e. The Kier molecular flexibility index (Phi) is 3.24. The Labute approximate surface area is 204 Å². The smallest absolute Gasteiger partial charge is 0.249 e. The normalized spacial score (nSPS) is 13.7. The van der Waals surface area contributed by atoms with Crippen LogP contribution in [0, 0.1) is 0 Å². The van der Waals surface area contributed by atoms with E-state index >= 15 is 0 Å². The van der Waals surface area contributed by atoms with Gasteiger partial charge < -0.3 is 4.57 Å². The molecule has 5 aromatic carbocycles. The van der Waals surface area contributed by atoms with Crippen molar-refractivity contribution in [3.63, 3.8) is 0 Å². The Morgan fingerprint density at radius 1 is 0.588 bits per heavy atom. The summed E-state index contributed by atoms with van der Waals surface area (Å²) in [7, 11) is 0. The van der Waals surface area contributed by atoms with Crippen molar-refractivity contribution in [3.8, 4) is 5.69 Å². The van der Waals surface area contributed by atoms with Gasteiger partial charge in [0.25, 0.3) is 0 Å². The first-order chi connectivity index (χ1) is 16.9. The van der Waals surface area contributed by atoms with E-state index in [0.717, 1.165) is 0 Å². The molecule has 0 bridgehead atoms. The molecule has 2 aliphatic heterocycles. The Morgan fingerprint density at radius 2 is 1.38 bits per heavy atom. The molecule has 2 aliphatic rings. The number of thiophene rings is 1. The van der Waals surface area contributed by atoms with Crippen LogP contribution in [-0.4, -0.2) is 11.3 Å². The lowest BCUT2D eigenvalue weighted by Gasteiger charge is -2.33. The van der Waals surface area contributed by atoms with Crippen molar-refractivity contribution >= 4 is 88.2 Å². The van der Waals surface area contributed by atoms with Gasteiger partial charge in [0.1, 0.15) is 0 Å². The van der Waals surface area contributed by atoms with Crippen LogP contribution >= 0.6 is 23.1 Å². The van der Waals surface area contributed by atoms with Crippen molar-refractivity contribution in [3.05, 3.63) is 97.1 Å². The molecule has 0 fully saturated rings. The lowest BCUT2D eigenvalue weighted by Crippen LogP contribution is -2.58. The zero-order chi connectivity index (χ0) is 22.0. The Bertz CT molecular complexity index is 2010. The van der Waals surface area contributed by atoms with E-state index in [1.54, 1.807) is 0 Å². The number of aromatic nitrogens is 1. The van der Waals surface area contributed by atoms with E-state index < -0.39 is 0 Å². The van der Waals surface area contributed by atoms with Gasteiger partial charge in [0.05, 0.1) is 5.52 Å². The predicted molar refractivity (Wildman–Crippen MR) is 149 cm³/mol. The third kappa shape index (κ3) is 2.06. The van der Waals surface area contributed by atoms with Gasteiger partial charge in [-0.05, 0) is 47.3 Å². The fraction of sp³-hybridized carbons (Fsp3) is 0. The minimum atomic E-state index is 0.283. The topological polar surface area (TPSA) is 4.93 Å². The second kappa shape index (κ2) is 6.15. The summed E-state index contributed by atoms with van der Waals surface area (Å²) in [5.41, 5.74) is 8.34. The summed E-state index contributed by atoms with van der Waals surface area (Å²) < 4.78 is 5.27. The summed E-state index contributed by atoms with van der Waals surface area (Å²) in [5.74, 6) is 0. The van der Waals surface area contributed by atoms with Crippen molar-refractivity contribution in [2.75, 3.05) is 0 Å². The second-order valence-electron chi connectivity index (χ2n) is 9.30. The maximum atomic E-state index is 2.55. The van der Waals surface area contributed by atoms with Crippen LogP contribution in [0.2, 0.25) is 0 Å². The van der Waals surface area contributed by atoms with Crippen LogP contribution in [0.5, 0.6) is 0 Å². The third-order valence-corrected chi connectivity index (χ3v) is 9.95. The number of para-hydroxylation sites is 1. The maximum absolute atomic E-state index is 2.55. The molecule has 0 N–H and O–H groups in total. The van der Waals surface area contributed by atoms with E-state index in [9.17, 15) is 0 Å². The van der Waals surface area contributed by atoms with Crippen molar-refractivity contribution in [2.24, 2.45) is 0 Å². The number of nitrogens with zero attached hydrogens (tertiary/aromatic N) is 1. The second-order valence-corrected chi connectivity index (χ2v) is 11.5. The lowest BCUT2D eigenvalue weighted by atomic mass is 9.35. The Balaban J connectivity index is 1.50. The molecular weight excluding hydrogens is 449 g/mol. The molecule has 1 nitrogen and oxygen atoms in total. The van der Waals surface area contributed by atoms with Crippen molar-refractivity contribution in [1.82, 2.24) is 4.57 Å². The SMILES string of the molecule is c1ccc2c(c1)Sc1cccc3c1B2c1cccc2c4cc5c(cc4n-3c12)sc1ccccc15. The summed E-state index contributed by atoms with van der Waals surface area (Å²) >= 11 is 3.82. The van der Waals surface area contributed by atoms with Gasteiger partial charge in [0.15, 0.2) is 0 Å². The molecule has 2 aromatic heterocycles. The van der Waals surface area contributed by atoms with Crippen LogP contribution in [0.1, 0.15) is 0 Å². The number of hydrogen-bond donors (Lipinski definition) is 0. The Hall–Kier alpha value is -3.47. The van der Waals surface area contributed by atoms with E-state index in [0.29, 0.717) is 0 Å². The first-order valence-electron chi connectivity index (χ1n) is 11.7. The molecule has 4 heteroatoms. The van der Waals surface area contributed by atoms with Gasteiger partial charge in [-0.2, -0.15) is 0 Å². The average Bonchev–Trinajstić information content (AvgIpc) is 3.41. The molecule has 156 valence electrons. The van der Waals surface area contributed by atoms with Gasteiger partial charge >= 0.3 is 0 Å². The van der Waals surface area contributed by atoms with Gasteiger partial charge in [0, 0.05) is 51.9 Å². The van der Waals surface area contributed by atoms with Crippen LogP contribution in [0.15, 0.2) is 107 Å². The molecule has 0 saturated carbocycles. The summed E-state index contributed by atoms with van der Waals surface area (Å²) in [6, 6.07) is 36.4. The minimum Gasteiger partial charge on any atom is -0.310 e. The number of benzene rings is 5. The summed E-state index contributed by atoms with van der Waals surface area (Å²) in [6.07, 6.45) is 0. The first-order valence-corrected chi connectivity index (χ1v) is 13.3. The van der Waals surface area contributed by atoms with E-state index in [1.807, 2.05) is 23.1 Å². The summed E-state index contributed by atoms with van der Waals surface area (Å²) in [5, 5.41) is 5.44. The van der Waals surface area contributed by atoms with Crippen LogP contribution < -0.4 is 16.4 Å². The van der Waals surface area contributed by atoms with E-state index in [-0.39, 0.29) is 6.71 Å². The van der Waals surface area contributed by atoms with Crippen molar-refractivity contribution < 1.29 is 0 Å². The van der Waals surface area contributed by atoms with Crippen LogP contribution in [0.4, 0.5) is 0 Å². The highest BCUT2D eigenvalue weighted by Crippen LogP contribution is 2.42. The minimum absolute atomic E-state index is 0.283. The van der Waals surface area contributed by atoms with Crippen molar-refractivity contribution in [2.45, 2.75) is 9.79 Å². The fourth-order valence-electron chi connectivity index (χ4n) is 6.31. The van der Waals surface area contributed by atoms with Gasteiger partial charge in [-0.3, -0.25) is 0 Å². The van der Waals surface area contributed by atoms with Gasteiger partial charge in [-0.15, -0.1) is 11.3 Å². The van der Waals surface area contributed by atoms with Crippen LogP contribution in [0.25, 0.3) is 47.7 Å². The monoisotopic (exact) mass is 465 g/mol. The van der Waals surface area contributed by atoms with E-state index in [1.165, 1.54) is 73.8 Å². The third-order valence-electron chi connectivity index (χ3n) is 7.65. The highest BCUT2D eigenvalue weighted by Gasteiger charge is 2.38. The van der Waals surface area contributed by atoms with Gasteiger partial charge in [0.2, 0.25) is 6.71 Å². The molecule has 9 rings (SSSR count). The Morgan fingerprint density at radius 3 is 2.38 bits per heavy atom. The molecule has 0 aliphatic carbocycles. The summed E-state index contributed by atoms with van der Waals surface area (Å²) in [4.78, 5) is 2.76. The molecule has 0 saturated heterocycles. The molecule has 0 amide bonds. The number of hydrogen-bond acceptors (Lipinski definition) is 2. The predicted octanol–water partition coefficient (Wildman–Crippen LogP) is 6.45. The molecule has 34 heavy (non-hydrogen) atoms. The quantitative estimate of drug-likeness (QED) is 0.233. The van der Waals surface area contributed by atoms with Crippen molar-refractivity contribution in [1.29, 1.82) is 0 Å². The summed E-state index contributed by atoms with van der Waals surface area (Å²) in [6.45, 7) is 0.283. The fourth-order valence-corrected chi connectivity index (χ4v) is 8.60. The van der Waals surface area contributed by atoms with E-state index in [2.05, 4.69) is 102 Å². The highest BCUT2D eigenvalue weighted by atomic mass is 32.2. The number of rotatable bonds is 0. The molecule has 0 unspecified atom stereocenters. The first kappa shape index (κ1) is 17.9. The molecule has 0 radical (unpaired) electrons.